The maximum atomic E-state index is 12.6. The molecule has 1 aromatic rings. The third-order valence-corrected chi connectivity index (χ3v) is 5.70. The predicted octanol–water partition coefficient (Wildman–Crippen LogP) is 4.75. The molecule has 4 nitrogen and oxygen atoms in total. The Labute approximate surface area is 158 Å². The smallest absolute Gasteiger partial charge is 0.227 e. The van der Waals surface area contributed by atoms with Crippen LogP contribution in [0, 0.1) is 11.8 Å². The molecule has 1 heterocycles. The number of halogens is 2. The average molecular weight is 383 g/mol. The van der Waals surface area contributed by atoms with Crippen LogP contribution in [0.1, 0.15) is 44.9 Å². The van der Waals surface area contributed by atoms with E-state index in [2.05, 4.69) is 5.32 Å². The van der Waals surface area contributed by atoms with Crippen molar-refractivity contribution >= 4 is 40.7 Å². The SMILES string of the molecule is O=C(Nc1cc(Cl)cc(Cl)c1)C1CCN(C(=O)C2CCCCC2)CC1. The Hall–Kier alpha value is -1.26. The largest absolute Gasteiger partial charge is 0.342 e. The first-order valence-electron chi connectivity index (χ1n) is 9.08. The van der Waals surface area contributed by atoms with Gasteiger partial charge in [-0.3, -0.25) is 9.59 Å². The highest BCUT2D eigenvalue weighted by molar-refractivity contribution is 6.35. The van der Waals surface area contributed by atoms with E-state index in [0.29, 0.717) is 47.6 Å². The van der Waals surface area contributed by atoms with Gasteiger partial charge in [0, 0.05) is 40.7 Å². The van der Waals surface area contributed by atoms with Crippen LogP contribution in [-0.4, -0.2) is 29.8 Å². The fourth-order valence-corrected chi connectivity index (χ4v) is 4.37. The number of carbonyl (C=O) groups excluding carboxylic acids is 2. The first-order chi connectivity index (χ1) is 12.0. The number of carbonyl (C=O) groups is 2. The van der Waals surface area contributed by atoms with E-state index in [9.17, 15) is 9.59 Å². The molecule has 0 atom stereocenters. The highest BCUT2D eigenvalue weighted by Gasteiger charge is 2.31. The van der Waals surface area contributed by atoms with E-state index in [-0.39, 0.29) is 17.7 Å². The number of rotatable bonds is 3. The maximum absolute atomic E-state index is 12.6. The Morgan fingerprint density at radius 3 is 2.08 bits per heavy atom. The fourth-order valence-electron chi connectivity index (χ4n) is 3.84. The summed E-state index contributed by atoms with van der Waals surface area (Å²) in [6.45, 7) is 1.34. The molecule has 0 radical (unpaired) electrons. The van der Waals surface area contributed by atoms with Gasteiger partial charge in [0.25, 0.3) is 0 Å². The number of amides is 2. The second-order valence-corrected chi connectivity index (χ2v) is 7.95. The van der Waals surface area contributed by atoms with Crippen LogP contribution in [0.4, 0.5) is 5.69 Å². The maximum Gasteiger partial charge on any atom is 0.227 e. The lowest BCUT2D eigenvalue weighted by Gasteiger charge is -2.34. The fraction of sp³-hybridized carbons (Fsp3) is 0.579. The van der Waals surface area contributed by atoms with Gasteiger partial charge in [-0.2, -0.15) is 0 Å². The quantitative estimate of drug-likeness (QED) is 0.819. The van der Waals surface area contributed by atoms with Gasteiger partial charge in [0.2, 0.25) is 11.8 Å². The minimum Gasteiger partial charge on any atom is -0.342 e. The van der Waals surface area contributed by atoms with Crippen molar-refractivity contribution in [1.29, 1.82) is 0 Å². The second kappa shape index (κ2) is 8.41. The number of nitrogens with one attached hydrogen (secondary N) is 1. The molecule has 0 aromatic heterocycles. The van der Waals surface area contributed by atoms with Gasteiger partial charge >= 0.3 is 0 Å². The number of piperidine rings is 1. The lowest BCUT2D eigenvalue weighted by molar-refractivity contribution is -0.139. The van der Waals surface area contributed by atoms with Crippen LogP contribution in [0.25, 0.3) is 0 Å². The van der Waals surface area contributed by atoms with Crippen molar-refractivity contribution in [3.8, 4) is 0 Å². The highest BCUT2D eigenvalue weighted by atomic mass is 35.5. The molecule has 2 fully saturated rings. The van der Waals surface area contributed by atoms with Crippen LogP contribution in [0.2, 0.25) is 10.0 Å². The number of hydrogen-bond acceptors (Lipinski definition) is 2. The molecule has 1 aliphatic heterocycles. The van der Waals surface area contributed by atoms with Crippen molar-refractivity contribution in [2.24, 2.45) is 11.8 Å². The summed E-state index contributed by atoms with van der Waals surface area (Å²) >= 11 is 11.9. The lowest BCUT2D eigenvalue weighted by atomic mass is 9.87. The number of likely N-dealkylation sites (tertiary alicyclic amines) is 1. The van der Waals surface area contributed by atoms with Crippen molar-refractivity contribution in [3.05, 3.63) is 28.2 Å². The molecule has 1 saturated heterocycles. The van der Waals surface area contributed by atoms with Gasteiger partial charge in [-0.15, -0.1) is 0 Å². The summed E-state index contributed by atoms with van der Waals surface area (Å²) < 4.78 is 0. The van der Waals surface area contributed by atoms with E-state index < -0.39 is 0 Å². The molecule has 0 bridgehead atoms. The van der Waals surface area contributed by atoms with Crippen molar-refractivity contribution < 1.29 is 9.59 Å². The zero-order valence-corrected chi connectivity index (χ0v) is 15.8. The summed E-state index contributed by atoms with van der Waals surface area (Å²) in [5.74, 6) is 0.393. The van der Waals surface area contributed by atoms with Crippen LogP contribution in [0.3, 0.4) is 0 Å². The molecule has 136 valence electrons. The Kier molecular flexibility index (Phi) is 6.24. The van der Waals surface area contributed by atoms with Crippen LogP contribution in [0.5, 0.6) is 0 Å². The Bertz CT molecular complexity index is 616. The summed E-state index contributed by atoms with van der Waals surface area (Å²) in [5.41, 5.74) is 0.614. The van der Waals surface area contributed by atoms with E-state index in [0.717, 1.165) is 25.7 Å². The zero-order valence-electron chi connectivity index (χ0n) is 14.3. The molecule has 2 aliphatic rings. The van der Waals surface area contributed by atoms with Gasteiger partial charge in [0.1, 0.15) is 0 Å². The van der Waals surface area contributed by atoms with Gasteiger partial charge in [-0.1, -0.05) is 42.5 Å². The van der Waals surface area contributed by atoms with E-state index >= 15 is 0 Å². The number of hydrogen-bond donors (Lipinski definition) is 1. The van der Waals surface area contributed by atoms with E-state index in [1.54, 1.807) is 18.2 Å². The van der Waals surface area contributed by atoms with Gasteiger partial charge in [0.05, 0.1) is 0 Å². The van der Waals surface area contributed by atoms with Crippen molar-refractivity contribution in [2.45, 2.75) is 44.9 Å². The topological polar surface area (TPSA) is 49.4 Å². The second-order valence-electron chi connectivity index (χ2n) is 7.08. The first-order valence-corrected chi connectivity index (χ1v) is 9.84. The zero-order chi connectivity index (χ0) is 17.8. The van der Waals surface area contributed by atoms with Crippen LogP contribution >= 0.6 is 23.2 Å². The molecule has 25 heavy (non-hydrogen) atoms. The van der Waals surface area contributed by atoms with Gasteiger partial charge in [-0.05, 0) is 43.9 Å². The molecule has 1 aromatic carbocycles. The average Bonchev–Trinajstić information content (AvgIpc) is 2.61. The van der Waals surface area contributed by atoms with Crippen molar-refractivity contribution in [2.75, 3.05) is 18.4 Å². The number of anilines is 1. The predicted molar refractivity (Wildman–Crippen MR) is 101 cm³/mol. The van der Waals surface area contributed by atoms with Gasteiger partial charge in [-0.25, -0.2) is 0 Å². The Morgan fingerprint density at radius 2 is 1.48 bits per heavy atom. The van der Waals surface area contributed by atoms with Gasteiger partial charge in [0.15, 0.2) is 0 Å². The molecule has 1 N–H and O–H groups in total. The summed E-state index contributed by atoms with van der Waals surface area (Å²) in [5, 5.41) is 3.88. The molecular formula is C19H24Cl2N2O2. The third kappa shape index (κ3) is 4.89. The lowest BCUT2D eigenvalue weighted by Crippen LogP contribution is -2.44. The van der Waals surface area contributed by atoms with Crippen LogP contribution in [-0.2, 0) is 9.59 Å². The molecule has 3 rings (SSSR count). The Balaban J connectivity index is 1.51. The van der Waals surface area contributed by atoms with Gasteiger partial charge < -0.3 is 10.2 Å². The molecule has 0 spiro atoms. The normalized spacial score (nSPS) is 19.7. The Morgan fingerprint density at radius 1 is 0.880 bits per heavy atom. The third-order valence-electron chi connectivity index (χ3n) is 5.26. The number of nitrogens with zero attached hydrogens (tertiary/aromatic N) is 1. The molecule has 1 aliphatic carbocycles. The summed E-state index contributed by atoms with van der Waals surface area (Å²) in [6, 6.07) is 5.01. The summed E-state index contributed by atoms with van der Waals surface area (Å²) in [6.07, 6.45) is 7.04. The van der Waals surface area contributed by atoms with E-state index in [1.165, 1.54) is 6.42 Å². The molecule has 0 unspecified atom stereocenters. The minimum atomic E-state index is -0.0758. The highest BCUT2D eigenvalue weighted by Crippen LogP contribution is 2.28. The monoisotopic (exact) mass is 382 g/mol. The first kappa shape index (κ1) is 18.5. The van der Waals surface area contributed by atoms with Crippen molar-refractivity contribution in [3.63, 3.8) is 0 Å². The van der Waals surface area contributed by atoms with E-state index in [4.69, 9.17) is 23.2 Å². The standard InChI is InChI=1S/C19H24Cl2N2O2/c20-15-10-16(21)12-17(11-15)22-18(24)13-6-8-23(9-7-13)19(25)14-4-2-1-3-5-14/h10-14H,1-9H2,(H,22,24). The molecule has 6 heteroatoms. The molecule has 2 amide bonds. The molecular weight excluding hydrogens is 359 g/mol. The minimum absolute atomic E-state index is 0.0249. The summed E-state index contributed by atoms with van der Waals surface area (Å²) in [4.78, 5) is 27.0. The van der Waals surface area contributed by atoms with E-state index in [1.807, 2.05) is 4.90 Å². The van der Waals surface area contributed by atoms with Crippen LogP contribution < -0.4 is 5.32 Å². The summed E-state index contributed by atoms with van der Waals surface area (Å²) in [7, 11) is 0. The van der Waals surface area contributed by atoms with Crippen LogP contribution in [0.15, 0.2) is 18.2 Å². The van der Waals surface area contributed by atoms with Crippen molar-refractivity contribution in [1.82, 2.24) is 4.90 Å². The molecule has 1 saturated carbocycles. The number of benzene rings is 1.